The van der Waals surface area contributed by atoms with Crippen molar-refractivity contribution in [1.29, 1.82) is 0 Å². The van der Waals surface area contributed by atoms with Gasteiger partial charge in [-0.3, -0.25) is 0 Å². The zero-order valence-corrected chi connectivity index (χ0v) is 11.9. The first kappa shape index (κ1) is 12.2. The Morgan fingerprint density at radius 2 is 2.11 bits per heavy atom. The maximum absolute atomic E-state index is 5.98. The molecule has 0 aliphatic carbocycles. The molecule has 3 aromatic rings. The number of aromatic nitrogens is 1. The van der Waals surface area contributed by atoms with Crippen LogP contribution in [0, 0.1) is 0 Å². The summed E-state index contributed by atoms with van der Waals surface area (Å²) in [6.45, 7) is 5.10. The van der Waals surface area contributed by atoms with Crippen molar-refractivity contribution in [3.05, 3.63) is 35.2 Å². The summed E-state index contributed by atoms with van der Waals surface area (Å²) in [7, 11) is 0. The molecule has 0 unspecified atom stereocenters. The van der Waals surface area contributed by atoms with Crippen molar-refractivity contribution >= 4 is 27.4 Å². The number of nitrogens with zero attached hydrogens (tertiary/aromatic N) is 1. The Hall–Kier alpha value is -1.81. The molecule has 4 heteroatoms. The van der Waals surface area contributed by atoms with E-state index in [4.69, 9.17) is 4.42 Å². The lowest BCUT2D eigenvalue weighted by molar-refractivity contribution is 0.625. The van der Waals surface area contributed by atoms with E-state index >= 15 is 0 Å². The monoisotopic (exact) mass is 272 g/mol. The van der Waals surface area contributed by atoms with Crippen LogP contribution < -0.4 is 5.32 Å². The molecule has 0 saturated carbocycles. The quantitative estimate of drug-likeness (QED) is 0.757. The van der Waals surface area contributed by atoms with Crippen molar-refractivity contribution in [3.63, 3.8) is 0 Å². The number of thiazole rings is 1. The van der Waals surface area contributed by atoms with Crippen LogP contribution in [-0.4, -0.2) is 11.5 Å². The van der Waals surface area contributed by atoms with Crippen molar-refractivity contribution < 1.29 is 4.42 Å². The third-order valence-corrected chi connectivity index (χ3v) is 3.92. The van der Waals surface area contributed by atoms with Crippen LogP contribution in [0.25, 0.3) is 22.4 Å². The van der Waals surface area contributed by atoms with Crippen LogP contribution in [-0.2, 0) is 6.42 Å². The van der Waals surface area contributed by atoms with E-state index in [1.165, 1.54) is 10.9 Å². The SMILES string of the molecule is CCNc1nc(-c2oc3ccccc3c2CC)cs1. The van der Waals surface area contributed by atoms with E-state index in [2.05, 4.69) is 35.6 Å². The number of nitrogens with one attached hydrogen (secondary N) is 1. The highest BCUT2D eigenvalue weighted by atomic mass is 32.1. The molecule has 0 amide bonds. The molecule has 0 radical (unpaired) electrons. The lowest BCUT2D eigenvalue weighted by Gasteiger charge is -1.97. The fourth-order valence-electron chi connectivity index (χ4n) is 2.27. The summed E-state index contributed by atoms with van der Waals surface area (Å²) in [5.74, 6) is 0.907. The number of anilines is 1. The van der Waals surface area contributed by atoms with Gasteiger partial charge >= 0.3 is 0 Å². The Balaban J connectivity index is 2.12. The number of hydrogen-bond donors (Lipinski definition) is 1. The number of rotatable bonds is 4. The second-order valence-electron chi connectivity index (χ2n) is 4.33. The number of benzene rings is 1. The first-order chi connectivity index (χ1) is 9.33. The standard InChI is InChI=1S/C15H16N2OS/c1-3-10-11-7-5-6-8-13(11)18-14(10)12-9-19-15(17-12)16-4-2/h5-9H,3-4H2,1-2H3,(H,16,17). The van der Waals surface area contributed by atoms with Gasteiger partial charge in [0.15, 0.2) is 10.9 Å². The van der Waals surface area contributed by atoms with E-state index in [1.54, 1.807) is 11.3 Å². The minimum absolute atomic E-state index is 0.883. The Morgan fingerprint density at radius 3 is 2.89 bits per heavy atom. The number of furan rings is 1. The minimum atomic E-state index is 0.883. The molecule has 3 nitrogen and oxygen atoms in total. The highest BCUT2D eigenvalue weighted by Crippen LogP contribution is 2.35. The summed E-state index contributed by atoms with van der Waals surface area (Å²) >= 11 is 1.62. The van der Waals surface area contributed by atoms with Crippen LogP contribution in [0.3, 0.4) is 0 Å². The van der Waals surface area contributed by atoms with Gasteiger partial charge in [-0.1, -0.05) is 25.1 Å². The van der Waals surface area contributed by atoms with Crippen LogP contribution in [0.1, 0.15) is 19.4 Å². The van der Waals surface area contributed by atoms with Crippen molar-refractivity contribution in [2.75, 3.05) is 11.9 Å². The van der Waals surface area contributed by atoms with Gasteiger partial charge in [-0.15, -0.1) is 11.3 Å². The Kier molecular flexibility index (Phi) is 3.25. The molecule has 0 aliphatic heterocycles. The van der Waals surface area contributed by atoms with Gasteiger partial charge in [-0.2, -0.15) is 0 Å². The summed E-state index contributed by atoms with van der Waals surface area (Å²) in [6.07, 6.45) is 0.945. The van der Waals surface area contributed by atoms with Gasteiger partial charge < -0.3 is 9.73 Å². The summed E-state index contributed by atoms with van der Waals surface area (Å²) in [6, 6.07) is 8.17. The Morgan fingerprint density at radius 1 is 1.26 bits per heavy atom. The van der Waals surface area contributed by atoms with E-state index < -0.39 is 0 Å². The van der Waals surface area contributed by atoms with E-state index in [0.29, 0.717) is 0 Å². The highest BCUT2D eigenvalue weighted by Gasteiger charge is 2.16. The van der Waals surface area contributed by atoms with Gasteiger partial charge in [0.25, 0.3) is 0 Å². The van der Waals surface area contributed by atoms with Gasteiger partial charge in [0.2, 0.25) is 0 Å². The second kappa shape index (κ2) is 5.05. The Bertz CT molecular complexity index is 699. The van der Waals surface area contributed by atoms with Crippen molar-refractivity contribution in [3.8, 4) is 11.5 Å². The van der Waals surface area contributed by atoms with E-state index in [0.717, 1.165) is 35.1 Å². The lowest BCUT2D eigenvalue weighted by Crippen LogP contribution is -1.95. The predicted octanol–water partition coefficient (Wildman–Crippen LogP) is 4.55. The van der Waals surface area contributed by atoms with Gasteiger partial charge in [0.05, 0.1) is 0 Å². The molecule has 0 fully saturated rings. The van der Waals surface area contributed by atoms with Crippen molar-refractivity contribution in [1.82, 2.24) is 4.98 Å². The summed E-state index contributed by atoms with van der Waals surface area (Å²) in [4.78, 5) is 4.59. The molecular weight excluding hydrogens is 256 g/mol. The molecule has 2 heterocycles. The third kappa shape index (κ3) is 2.12. The third-order valence-electron chi connectivity index (χ3n) is 3.12. The number of para-hydroxylation sites is 1. The van der Waals surface area contributed by atoms with Crippen LogP contribution in [0.2, 0.25) is 0 Å². The number of fused-ring (bicyclic) bond motifs is 1. The van der Waals surface area contributed by atoms with E-state index in [1.807, 2.05) is 18.2 Å². The van der Waals surface area contributed by atoms with Crippen LogP contribution in [0.15, 0.2) is 34.1 Å². The van der Waals surface area contributed by atoms with Crippen LogP contribution in [0.5, 0.6) is 0 Å². The predicted molar refractivity (Wildman–Crippen MR) is 80.9 cm³/mol. The van der Waals surface area contributed by atoms with Gasteiger partial charge in [-0.05, 0) is 19.4 Å². The molecule has 0 atom stereocenters. The number of aryl methyl sites for hydroxylation is 1. The molecular formula is C15H16N2OS. The maximum atomic E-state index is 5.98. The molecule has 1 N–H and O–H groups in total. The van der Waals surface area contributed by atoms with Crippen molar-refractivity contribution in [2.24, 2.45) is 0 Å². The zero-order chi connectivity index (χ0) is 13.2. The average Bonchev–Trinajstić information content (AvgIpc) is 3.02. The minimum Gasteiger partial charge on any atom is -0.454 e. The molecule has 3 rings (SSSR count). The number of hydrogen-bond acceptors (Lipinski definition) is 4. The van der Waals surface area contributed by atoms with E-state index in [9.17, 15) is 0 Å². The maximum Gasteiger partial charge on any atom is 0.183 e. The topological polar surface area (TPSA) is 38.1 Å². The molecule has 0 saturated heterocycles. The molecule has 2 aromatic heterocycles. The summed E-state index contributed by atoms with van der Waals surface area (Å²) in [5, 5.41) is 7.42. The molecule has 1 aromatic carbocycles. The van der Waals surface area contributed by atoms with Gasteiger partial charge in [0.1, 0.15) is 11.3 Å². The second-order valence-corrected chi connectivity index (χ2v) is 5.19. The van der Waals surface area contributed by atoms with Crippen molar-refractivity contribution in [2.45, 2.75) is 20.3 Å². The molecule has 0 spiro atoms. The normalized spacial score (nSPS) is 11.1. The summed E-state index contributed by atoms with van der Waals surface area (Å²) < 4.78 is 5.98. The first-order valence-corrected chi connectivity index (χ1v) is 7.41. The fourth-order valence-corrected chi connectivity index (χ4v) is 3.03. The summed E-state index contributed by atoms with van der Waals surface area (Å²) in [5.41, 5.74) is 3.10. The average molecular weight is 272 g/mol. The molecule has 19 heavy (non-hydrogen) atoms. The molecule has 0 aliphatic rings. The highest BCUT2D eigenvalue weighted by molar-refractivity contribution is 7.14. The van der Waals surface area contributed by atoms with E-state index in [-0.39, 0.29) is 0 Å². The molecule has 98 valence electrons. The smallest absolute Gasteiger partial charge is 0.183 e. The van der Waals surface area contributed by atoms with Gasteiger partial charge in [-0.25, -0.2) is 4.98 Å². The largest absolute Gasteiger partial charge is 0.454 e. The zero-order valence-electron chi connectivity index (χ0n) is 11.1. The fraction of sp³-hybridized carbons (Fsp3) is 0.267. The van der Waals surface area contributed by atoms with Gasteiger partial charge in [0, 0.05) is 22.9 Å². The van der Waals surface area contributed by atoms with Crippen LogP contribution >= 0.6 is 11.3 Å². The first-order valence-electron chi connectivity index (χ1n) is 6.53. The lowest BCUT2D eigenvalue weighted by atomic mass is 10.1. The Labute approximate surface area is 116 Å². The molecule has 0 bridgehead atoms. The van der Waals surface area contributed by atoms with Crippen LogP contribution in [0.4, 0.5) is 5.13 Å².